The molecule has 0 amide bonds. The molecule has 0 spiro atoms. The maximum absolute atomic E-state index is 6.20. The first-order valence-electron chi connectivity index (χ1n) is 17.1. The summed E-state index contributed by atoms with van der Waals surface area (Å²) in [5.41, 5.74) is 10.4. The van der Waals surface area contributed by atoms with Crippen molar-refractivity contribution < 1.29 is 4.42 Å². The fourth-order valence-corrected chi connectivity index (χ4v) is 8.33. The summed E-state index contributed by atoms with van der Waals surface area (Å²) in [6.07, 6.45) is 0. The van der Waals surface area contributed by atoms with Crippen molar-refractivity contribution in [1.29, 1.82) is 0 Å². The second-order valence-corrected chi connectivity index (χ2v) is 13.9. The lowest BCUT2D eigenvalue weighted by molar-refractivity contribution is 0.620. The highest BCUT2D eigenvalue weighted by Crippen LogP contribution is 2.42. The first-order valence-corrected chi connectivity index (χ1v) is 17.9. The number of oxazole rings is 1. The highest BCUT2D eigenvalue weighted by molar-refractivity contribution is 7.25. The number of benzene rings is 8. The van der Waals surface area contributed by atoms with Crippen molar-refractivity contribution in [2.45, 2.75) is 0 Å². The van der Waals surface area contributed by atoms with Crippen LogP contribution < -0.4 is 4.90 Å². The zero-order valence-electron chi connectivity index (χ0n) is 27.5. The van der Waals surface area contributed by atoms with Gasteiger partial charge in [0.25, 0.3) is 0 Å². The molecular weight excluding hydrogens is 641 g/mol. The third kappa shape index (κ3) is 5.16. The van der Waals surface area contributed by atoms with E-state index in [1.54, 1.807) is 0 Å². The second-order valence-electron chi connectivity index (χ2n) is 12.8. The first-order chi connectivity index (χ1) is 25.3. The summed E-state index contributed by atoms with van der Waals surface area (Å²) in [5.74, 6) is 0.629. The van der Waals surface area contributed by atoms with E-state index in [-0.39, 0.29) is 0 Å². The van der Waals surface area contributed by atoms with Crippen LogP contribution in [0, 0.1) is 0 Å². The van der Waals surface area contributed by atoms with Gasteiger partial charge in [-0.1, -0.05) is 115 Å². The van der Waals surface area contributed by atoms with Crippen molar-refractivity contribution in [3.8, 4) is 33.7 Å². The van der Waals surface area contributed by atoms with Crippen LogP contribution in [0.15, 0.2) is 186 Å². The van der Waals surface area contributed by atoms with Gasteiger partial charge < -0.3 is 9.32 Å². The van der Waals surface area contributed by atoms with E-state index in [0.29, 0.717) is 5.89 Å². The standard InChI is InChI=1S/C47H30N2OS/c1-2-11-34(12-3-1)47-48-46-40(17-9-18-43(46)50-47)33-22-26-36(27-23-33)49(37-28-29-45-42(30-37)41-15-6-7-19-44(41)51-45)35-24-20-32(21-25-35)39-16-8-13-31-10-4-5-14-38(31)39/h1-30H. The predicted octanol–water partition coefficient (Wildman–Crippen LogP) is 13.8. The molecule has 10 aromatic rings. The van der Waals surface area contributed by atoms with E-state index in [9.17, 15) is 0 Å². The van der Waals surface area contributed by atoms with Crippen molar-refractivity contribution in [1.82, 2.24) is 4.98 Å². The lowest BCUT2D eigenvalue weighted by atomic mass is 9.98. The molecule has 240 valence electrons. The zero-order chi connectivity index (χ0) is 33.7. The van der Waals surface area contributed by atoms with E-state index in [0.717, 1.165) is 44.9 Å². The second kappa shape index (κ2) is 12.1. The third-order valence-electron chi connectivity index (χ3n) is 9.72. The Kier molecular flexibility index (Phi) is 7.00. The van der Waals surface area contributed by atoms with Gasteiger partial charge in [0.05, 0.1) is 0 Å². The maximum atomic E-state index is 6.20. The minimum atomic E-state index is 0.629. The van der Waals surface area contributed by atoms with Crippen LogP contribution in [0.2, 0.25) is 0 Å². The van der Waals surface area contributed by atoms with Crippen LogP contribution in [-0.2, 0) is 0 Å². The smallest absolute Gasteiger partial charge is 0.227 e. The van der Waals surface area contributed by atoms with Crippen molar-refractivity contribution in [3.63, 3.8) is 0 Å². The van der Waals surface area contributed by atoms with Crippen LogP contribution in [-0.4, -0.2) is 4.98 Å². The molecule has 0 saturated heterocycles. The van der Waals surface area contributed by atoms with Crippen molar-refractivity contribution in [3.05, 3.63) is 182 Å². The van der Waals surface area contributed by atoms with Crippen molar-refractivity contribution in [2.75, 3.05) is 4.90 Å². The van der Waals surface area contributed by atoms with Crippen LogP contribution in [0.4, 0.5) is 17.1 Å². The minimum Gasteiger partial charge on any atom is -0.436 e. The molecule has 0 aliphatic carbocycles. The van der Waals surface area contributed by atoms with Gasteiger partial charge in [0.15, 0.2) is 5.58 Å². The van der Waals surface area contributed by atoms with Crippen LogP contribution in [0.25, 0.3) is 75.8 Å². The molecule has 0 bridgehead atoms. The van der Waals surface area contributed by atoms with Gasteiger partial charge in [-0.05, 0) is 94.2 Å². The Morgan fingerprint density at radius 2 is 1.04 bits per heavy atom. The molecule has 3 nitrogen and oxygen atoms in total. The van der Waals surface area contributed by atoms with Gasteiger partial charge in [0.2, 0.25) is 5.89 Å². The van der Waals surface area contributed by atoms with Gasteiger partial charge in [-0.15, -0.1) is 11.3 Å². The van der Waals surface area contributed by atoms with Gasteiger partial charge in [-0.3, -0.25) is 0 Å². The van der Waals surface area contributed by atoms with Crippen LogP contribution in [0.1, 0.15) is 0 Å². The highest BCUT2D eigenvalue weighted by atomic mass is 32.1. The van der Waals surface area contributed by atoms with Gasteiger partial charge in [-0.25, -0.2) is 4.98 Å². The molecule has 0 unspecified atom stereocenters. The average Bonchev–Trinajstić information content (AvgIpc) is 3.81. The third-order valence-corrected chi connectivity index (χ3v) is 10.9. The molecule has 0 aliphatic rings. The molecule has 10 rings (SSSR count). The number of para-hydroxylation sites is 1. The van der Waals surface area contributed by atoms with Gasteiger partial charge >= 0.3 is 0 Å². The predicted molar refractivity (Wildman–Crippen MR) is 215 cm³/mol. The van der Waals surface area contributed by atoms with Crippen molar-refractivity contribution in [2.24, 2.45) is 0 Å². The minimum absolute atomic E-state index is 0.629. The average molecular weight is 671 g/mol. The highest BCUT2D eigenvalue weighted by Gasteiger charge is 2.17. The number of nitrogens with zero attached hydrogens (tertiary/aromatic N) is 2. The van der Waals surface area contributed by atoms with E-state index < -0.39 is 0 Å². The molecule has 0 saturated carbocycles. The van der Waals surface area contributed by atoms with E-state index in [1.165, 1.54) is 42.1 Å². The summed E-state index contributed by atoms with van der Waals surface area (Å²) in [7, 11) is 0. The Labute approximate surface area is 299 Å². The molecule has 2 aromatic heterocycles. The van der Waals surface area contributed by atoms with Gasteiger partial charge in [-0.2, -0.15) is 0 Å². The van der Waals surface area contributed by atoms with Crippen LogP contribution in [0.3, 0.4) is 0 Å². The number of anilines is 3. The van der Waals surface area contributed by atoms with Crippen molar-refractivity contribution >= 4 is 70.4 Å². The molecule has 51 heavy (non-hydrogen) atoms. The normalized spacial score (nSPS) is 11.5. The first kappa shape index (κ1) is 29.4. The molecule has 0 fully saturated rings. The molecule has 0 aliphatic heterocycles. The lowest BCUT2D eigenvalue weighted by Gasteiger charge is -2.26. The zero-order valence-corrected chi connectivity index (χ0v) is 28.3. The quantitative estimate of drug-likeness (QED) is 0.176. The lowest BCUT2D eigenvalue weighted by Crippen LogP contribution is -2.09. The van der Waals surface area contributed by atoms with E-state index >= 15 is 0 Å². The van der Waals surface area contributed by atoms with E-state index in [2.05, 4.69) is 144 Å². The number of thiophene rings is 1. The number of aromatic nitrogens is 1. The number of fused-ring (bicyclic) bond motifs is 5. The summed E-state index contributed by atoms with van der Waals surface area (Å²) >= 11 is 1.84. The molecule has 0 N–H and O–H groups in total. The fourth-order valence-electron chi connectivity index (χ4n) is 7.24. The number of hydrogen-bond donors (Lipinski definition) is 0. The van der Waals surface area contributed by atoms with Gasteiger partial charge in [0.1, 0.15) is 5.52 Å². The summed E-state index contributed by atoms with van der Waals surface area (Å²) in [4.78, 5) is 7.29. The number of rotatable bonds is 6. The van der Waals surface area contributed by atoms with E-state index in [4.69, 9.17) is 9.40 Å². The fraction of sp³-hybridized carbons (Fsp3) is 0. The molecule has 8 aromatic carbocycles. The monoisotopic (exact) mass is 670 g/mol. The summed E-state index contributed by atoms with van der Waals surface area (Å²) in [5, 5.41) is 5.06. The van der Waals surface area contributed by atoms with Gasteiger partial charge in [0, 0.05) is 48.4 Å². The molecule has 4 heteroatoms. The topological polar surface area (TPSA) is 29.3 Å². The molecule has 2 heterocycles. The Hall–Kier alpha value is -6.49. The largest absolute Gasteiger partial charge is 0.436 e. The Balaban J connectivity index is 1.08. The summed E-state index contributed by atoms with van der Waals surface area (Å²) in [6, 6.07) is 64.6. The Morgan fingerprint density at radius 3 is 1.84 bits per heavy atom. The van der Waals surface area contributed by atoms with Crippen LogP contribution in [0.5, 0.6) is 0 Å². The SMILES string of the molecule is c1ccc(-c2nc3c(-c4ccc(N(c5ccc(-c6cccc7ccccc67)cc5)c5ccc6sc7ccccc7c6c5)cc4)cccc3o2)cc1. The van der Waals surface area contributed by atoms with E-state index in [1.807, 2.05) is 53.8 Å². The Bertz CT molecular complexity index is 2850. The molecular formula is C47H30N2OS. The molecule has 0 radical (unpaired) electrons. The number of hydrogen-bond acceptors (Lipinski definition) is 4. The Morgan fingerprint density at radius 1 is 0.431 bits per heavy atom. The summed E-state index contributed by atoms with van der Waals surface area (Å²) < 4.78 is 8.79. The maximum Gasteiger partial charge on any atom is 0.227 e. The summed E-state index contributed by atoms with van der Waals surface area (Å²) in [6.45, 7) is 0. The molecule has 0 atom stereocenters. The van der Waals surface area contributed by atoms with Crippen LogP contribution >= 0.6 is 11.3 Å².